The Bertz CT molecular complexity index is 432. The average Bonchev–Trinajstić information content (AvgIpc) is 2.26. The third kappa shape index (κ3) is 2.71. The second kappa shape index (κ2) is 5.09. The van der Waals surface area contributed by atoms with Gasteiger partial charge in [-0.05, 0) is 24.6 Å². The fourth-order valence-electron chi connectivity index (χ4n) is 1.56. The van der Waals surface area contributed by atoms with E-state index in [1.807, 2.05) is 0 Å². The van der Waals surface area contributed by atoms with Gasteiger partial charge in [-0.2, -0.15) is 0 Å². The van der Waals surface area contributed by atoms with Crippen LogP contribution in [0.3, 0.4) is 0 Å². The van der Waals surface area contributed by atoms with E-state index in [4.69, 9.17) is 9.84 Å². The summed E-state index contributed by atoms with van der Waals surface area (Å²) in [5.41, 5.74) is -0.172. The van der Waals surface area contributed by atoms with Crippen molar-refractivity contribution >= 4 is 5.97 Å². The molecule has 0 amide bonds. The van der Waals surface area contributed by atoms with Gasteiger partial charge in [-0.3, -0.25) is 0 Å². The summed E-state index contributed by atoms with van der Waals surface area (Å²) in [5.74, 6) is -1.81. The molecule has 1 aromatic carbocycles. The number of alkyl halides is 2. The van der Waals surface area contributed by atoms with E-state index in [-0.39, 0.29) is 11.3 Å². The molecule has 6 heteroatoms. The van der Waals surface area contributed by atoms with Crippen molar-refractivity contribution in [3.8, 4) is 5.75 Å². The van der Waals surface area contributed by atoms with Crippen LogP contribution in [0.15, 0.2) is 12.1 Å². The number of aliphatic hydroxyl groups excluding tert-OH is 1. The van der Waals surface area contributed by atoms with Gasteiger partial charge in [0.25, 0.3) is 6.43 Å². The number of aryl methyl sites for hydroxylation is 1. The zero-order chi connectivity index (χ0) is 13.2. The summed E-state index contributed by atoms with van der Waals surface area (Å²) >= 11 is 0. The summed E-state index contributed by atoms with van der Waals surface area (Å²) < 4.78 is 30.2. The number of rotatable bonds is 4. The van der Waals surface area contributed by atoms with Crippen molar-refractivity contribution < 1.29 is 28.5 Å². The minimum absolute atomic E-state index is 0.171. The molecule has 0 bridgehead atoms. The Hall–Kier alpha value is -1.69. The van der Waals surface area contributed by atoms with Crippen molar-refractivity contribution in [3.63, 3.8) is 0 Å². The SMILES string of the molecule is COc1c(C(F)F)cc(C)cc1C(O)C(=O)O. The lowest BCUT2D eigenvalue weighted by Crippen LogP contribution is -2.13. The van der Waals surface area contributed by atoms with E-state index in [1.54, 1.807) is 0 Å². The van der Waals surface area contributed by atoms with Crippen molar-refractivity contribution in [3.05, 3.63) is 28.8 Å². The number of aliphatic carboxylic acids is 1. The lowest BCUT2D eigenvalue weighted by atomic mass is 10.0. The number of halogens is 2. The van der Waals surface area contributed by atoms with Crippen LogP contribution in [0.2, 0.25) is 0 Å². The summed E-state index contributed by atoms with van der Waals surface area (Å²) in [7, 11) is 1.15. The predicted octanol–water partition coefficient (Wildman–Crippen LogP) is 2.06. The highest BCUT2D eigenvalue weighted by Gasteiger charge is 2.25. The zero-order valence-corrected chi connectivity index (χ0v) is 9.28. The van der Waals surface area contributed by atoms with Crippen LogP contribution in [-0.2, 0) is 4.79 Å². The molecule has 0 radical (unpaired) electrons. The second-order valence-electron chi connectivity index (χ2n) is 3.52. The van der Waals surface area contributed by atoms with E-state index in [0.717, 1.165) is 7.11 Å². The van der Waals surface area contributed by atoms with Crippen molar-refractivity contribution in [1.82, 2.24) is 0 Å². The highest BCUT2D eigenvalue weighted by molar-refractivity contribution is 5.75. The Morgan fingerprint density at radius 3 is 2.29 bits per heavy atom. The molecular formula is C11H12F2O4. The number of benzene rings is 1. The number of aliphatic hydroxyl groups is 1. The molecule has 2 N–H and O–H groups in total. The van der Waals surface area contributed by atoms with E-state index in [1.165, 1.54) is 19.1 Å². The molecule has 0 aliphatic rings. The van der Waals surface area contributed by atoms with Gasteiger partial charge in [0.2, 0.25) is 0 Å². The van der Waals surface area contributed by atoms with E-state index in [2.05, 4.69) is 0 Å². The molecule has 94 valence electrons. The van der Waals surface area contributed by atoms with Crippen LogP contribution < -0.4 is 4.74 Å². The molecule has 1 atom stereocenters. The Labute approximate surface area is 96.5 Å². The van der Waals surface area contributed by atoms with Gasteiger partial charge in [-0.15, -0.1) is 0 Å². The van der Waals surface area contributed by atoms with Gasteiger partial charge in [-0.1, -0.05) is 0 Å². The van der Waals surface area contributed by atoms with Crippen LogP contribution in [-0.4, -0.2) is 23.3 Å². The van der Waals surface area contributed by atoms with Crippen LogP contribution in [0.25, 0.3) is 0 Å². The molecule has 1 aromatic rings. The minimum Gasteiger partial charge on any atom is -0.496 e. The van der Waals surface area contributed by atoms with Crippen LogP contribution in [0.1, 0.15) is 29.2 Å². The number of methoxy groups -OCH3 is 1. The molecule has 0 aliphatic heterocycles. The largest absolute Gasteiger partial charge is 0.496 e. The van der Waals surface area contributed by atoms with Crippen LogP contribution >= 0.6 is 0 Å². The molecule has 0 aromatic heterocycles. The second-order valence-corrected chi connectivity index (χ2v) is 3.52. The number of hydrogen-bond acceptors (Lipinski definition) is 3. The van der Waals surface area contributed by atoms with Crippen molar-refractivity contribution in [2.75, 3.05) is 7.11 Å². The van der Waals surface area contributed by atoms with E-state index < -0.39 is 24.1 Å². The Morgan fingerprint density at radius 1 is 1.35 bits per heavy atom. The van der Waals surface area contributed by atoms with Gasteiger partial charge >= 0.3 is 5.97 Å². The van der Waals surface area contributed by atoms with Crippen LogP contribution in [0.5, 0.6) is 5.75 Å². The van der Waals surface area contributed by atoms with Crippen LogP contribution in [0.4, 0.5) is 8.78 Å². The molecule has 0 fully saturated rings. The van der Waals surface area contributed by atoms with Crippen LogP contribution in [0, 0.1) is 6.92 Å². The summed E-state index contributed by atoms with van der Waals surface area (Å²) in [6.07, 6.45) is -4.69. The molecule has 0 spiro atoms. The number of hydrogen-bond donors (Lipinski definition) is 2. The lowest BCUT2D eigenvalue weighted by Gasteiger charge is -2.16. The molecule has 0 aliphatic carbocycles. The third-order valence-corrected chi connectivity index (χ3v) is 2.26. The summed E-state index contributed by atoms with van der Waals surface area (Å²) in [6.45, 7) is 1.53. The van der Waals surface area contributed by atoms with E-state index in [0.29, 0.717) is 5.56 Å². The maximum atomic E-state index is 12.7. The molecule has 0 saturated heterocycles. The van der Waals surface area contributed by atoms with Gasteiger partial charge in [0, 0.05) is 5.56 Å². The first-order valence-electron chi connectivity index (χ1n) is 4.76. The van der Waals surface area contributed by atoms with Crippen molar-refractivity contribution in [2.45, 2.75) is 19.5 Å². The van der Waals surface area contributed by atoms with Gasteiger partial charge < -0.3 is 14.9 Å². The average molecular weight is 246 g/mol. The van der Waals surface area contributed by atoms with Gasteiger partial charge in [0.05, 0.1) is 12.7 Å². The number of ether oxygens (including phenoxy) is 1. The molecule has 0 heterocycles. The fraction of sp³-hybridized carbons (Fsp3) is 0.364. The topological polar surface area (TPSA) is 66.8 Å². The number of carbonyl (C=O) groups is 1. The Balaban J connectivity index is 3.43. The molecule has 0 saturated carbocycles. The van der Waals surface area contributed by atoms with Gasteiger partial charge in [-0.25, -0.2) is 13.6 Å². The quantitative estimate of drug-likeness (QED) is 0.853. The maximum Gasteiger partial charge on any atom is 0.337 e. The first kappa shape index (κ1) is 13.4. The minimum atomic E-state index is -2.80. The van der Waals surface area contributed by atoms with E-state index in [9.17, 15) is 18.7 Å². The van der Waals surface area contributed by atoms with Gasteiger partial charge in [0.1, 0.15) is 5.75 Å². The summed E-state index contributed by atoms with van der Waals surface area (Å²) in [6, 6.07) is 2.51. The Morgan fingerprint density at radius 2 is 1.88 bits per heavy atom. The predicted molar refractivity (Wildman–Crippen MR) is 55.3 cm³/mol. The Kier molecular flexibility index (Phi) is 4.01. The smallest absolute Gasteiger partial charge is 0.337 e. The highest BCUT2D eigenvalue weighted by Crippen LogP contribution is 2.36. The molecule has 1 rings (SSSR count). The monoisotopic (exact) mass is 246 g/mol. The molecule has 4 nitrogen and oxygen atoms in total. The highest BCUT2D eigenvalue weighted by atomic mass is 19.3. The van der Waals surface area contributed by atoms with Crippen molar-refractivity contribution in [2.24, 2.45) is 0 Å². The first-order chi connectivity index (χ1) is 7.88. The zero-order valence-electron chi connectivity index (χ0n) is 9.28. The normalized spacial score (nSPS) is 12.6. The van der Waals surface area contributed by atoms with E-state index >= 15 is 0 Å². The summed E-state index contributed by atoms with van der Waals surface area (Å²) in [5, 5.41) is 18.1. The standard InChI is InChI=1S/C11H12F2O4/c1-5-3-6(8(14)11(15)16)9(17-2)7(4-5)10(12)13/h3-4,8,10,14H,1-2H3,(H,15,16). The lowest BCUT2D eigenvalue weighted by molar-refractivity contribution is -0.147. The molecular weight excluding hydrogens is 234 g/mol. The molecule has 1 unspecified atom stereocenters. The number of carboxylic acids is 1. The van der Waals surface area contributed by atoms with Crippen molar-refractivity contribution in [1.29, 1.82) is 0 Å². The summed E-state index contributed by atoms with van der Waals surface area (Å²) in [4.78, 5) is 10.7. The fourth-order valence-corrected chi connectivity index (χ4v) is 1.56. The third-order valence-electron chi connectivity index (χ3n) is 2.26. The first-order valence-corrected chi connectivity index (χ1v) is 4.76. The molecule has 17 heavy (non-hydrogen) atoms. The number of carboxylic acid groups (broad SMARTS) is 1. The van der Waals surface area contributed by atoms with Gasteiger partial charge in [0.15, 0.2) is 6.10 Å². The maximum absolute atomic E-state index is 12.7.